The van der Waals surface area contributed by atoms with Gasteiger partial charge in [-0.1, -0.05) is 26.2 Å². The fraction of sp³-hybridized carbons (Fsp3) is 0.333. The molecule has 1 aromatic carbocycles. The second-order valence-corrected chi connectivity index (χ2v) is 8.80. The van der Waals surface area contributed by atoms with Gasteiger partial charge in [-0.05, 0) is 61.0 Å². The number of phenols is 1. The van der Waals surface area contributed by atoms with Gasteiger partial charge in [-0.2, -0.15) is 13.2 Å². The molecule has 2 heterocycles. The highest BCUT2D eigenvalue weighted by molar-refractivity contribution is 7.13. The maximum atomic E-state index is 13.3. The lowest BCUT2D eigenvalue weighted by atomic mass is 10.0. The Labute approximate surface area is 199 Å². The van der Waals surface area contributed by atoms with E-state index in [1.807, 2.05) is 11.4 Å². The number of thiophene rings is 1. The predicted octanol–water partition coefficient (Wildman–Crippen LogP) is 6.42. The number of nitrogens with two attached hydrogens (primary N) is 1. The van der Waals surface area contributed by atoms with E-state index in [4.69, 9.17) is 11.1 Å². The van der Waals surface area contributed by atoms with Gasteiger partial charge in [0.25, 0.3) is 0 Å². The molecule has 0 aliphatic heterocycles. The Hall–Kier alpha value is -3.27. The molecule has 0 spiro atoms. The Bertz CT molecular complexity index is 1200. The zero-order valence-corrected chi connectivity index (χ0v) is 19.7. The van der Waals surface area contributed by atoms with Gasteiger partial charge in [0.1, 0.15) is 5.75 Å². The zero-order valence-electron chi connectivity index (χ0n) is 18.9. The minimum atomic E-state index is -4.59. The number of phenolic OH excluding ortho intramolecular Hbond substituents is 1. The number of unbranched alkanes of at least 4 members (excludes halogenated alkanes) is 3. The van der Waals surface area contributed by atoms with E-state index in [2.05, 4.69) is 21.9 Å². The second-order valence-electron chi connectivity index (χ2n) is 7.88. The minimum Gasteiger partial charge on any atom is -0.507 e. The topological polar surface area (TPSA) is 108 Å². The van der Waals surface area contributed by atoms with Gasteiger partial charge >= 0.3 is 6.18 Å². The number of aliphatic imine (C=N–C) groups is 1. The number of nitrogens with one attached hydrogen (secondary N) is 1. The number of alkyl halides is 3. The third-order valence-corrected chi connectivity index (χ3v) is 6.08. The number of aromatic nitrogens is 2. The van der Waals surface area contributed by atoms with Crippen molar-refractivity contribution in [1.29, 1.82) is 5.41 Å². The van der Waals surface area contributed by atoms with Gasteiger partial charge in [0, 0.05) is 5.56 Å². The lowest BCUT2D eigenvalue weighted by molar-refractivity contribution is -0.137. The molecule has 0 aliphatic rings. The molecule has 4 N–H and O–H groups in total. The van der Waals surface area contributed by atoms with E-state index in [1.54, 1.807) is 0 Å². The Morgan fingerprint density at radius 3 is 2.53 bits per heavy atom. The highest BCUT2D eigenvalue weighted by atomic mass is 32.1. The summed E-state index contributed by atoms with van der Waals surface area (Å²) in [5, 5.41) is 20.5. The standard InChI is InChI=1S/C24H26F3N5OS/c1-3-4-5-6-7-15-10-11-34-21(15)19-13-18(31-23(32-19)22(29)30-14(2)28)17-12-16(24(25,26)27)8-9-20(17)33/h8-13,33H,3-7H2,1-2H3,(H3,28,29,30). The van der Waals surface area contributed by atoms with Crippen molar-refractivity contribution in [3.8, 4) is 27.6 Å². The fourth-order valence-electron chi connectivity index (χ4n) is 3.45. The first-order valence-electron chi connectivity index (χ1n) is 10.9. The molecule has 0 bridgehead atoms. The van der Waals surface area contributed by atoms with Gasteiger partial charge in [0.15, 0.2) is 11.7 Å². The Kier molecular flexibility index (Phi) is 8.03. The quantitative estimate of drug-likeness (QED) is 0.193. The van der Waals surface area contributed by atoms with Crippen LogP contribution in [0.3, 0.4) is 0 Å². The highest BCUT2D eigenvalue weighted by Gasteiger charge is 2.31. The first-order chi connectivity index (χ1) is 16.1. The largest absolute Gasteiger partial charge is 0.507 e. The molecule has 3 rings (SSSR count). The van der Waals surface area contributed by atoms with Crippen molar-refractivity contribution in [2.24, 2.45) is 10.7 Å². The molecular formula is C24H26F3N5OS. The van der Waals surface area contributed by atoms with Crippen molar-refractivity contribution in [2.45, 2.75) is 52.1 Å². The molecule has 34 heavy (non-hydrogen) atoms. The fourth-order valence-corrected chi connectivity index (χ4v) is 4.37. The Morgan fingerprint density at radius 2 is 1.85 bits per heavy atom. The minimum absolute atomic E-state index is 0.0588. The van der Waals surface area contributed by atoms with Crippen LogP contribution in [0.2, 0.25) is 0 Å². The second kappa shape index (κ2) is 10.8. The van der Waals surface area contributed by atoms with E-state index >= 15 is 0 Å². The molecule has 3 aromatic rings. The van der Waals surface area contributed by atoms with Gasteiger partial charge in [0.05, 0.1) is 27.7 Å². The monoisotopic (exact) mass is 489 g/mol. The van der Waals surface area contributed by atoms with Gasteiger partial charge in [0.2, 0.25) is 0 Å². The average Bonchev–Trinajstić information content (AvgIpc) is 3.24. The summed E-state index contributed by atoms with van der Waals surface area (Å²) in [6.45, 7) is 3.65. The maximum Gasteiger partial charge on any atom is 0.416 e. The van der Waals surface area contributed by atoms with Crippen LogP contribution in [0.4, 0.5) is 13.2 Å². The summed E-state index contributed by atoms with van der Waals surface area (Å²) in [6.07, 6.45) is 0.610. The third-order valence-electron chi connectivity index (χ3n) is 5.11. The van der Waals surface area contributed by atoms with Crippen molar-refractivity contribution in [3.63, 3.8) is 0 Å². The summed E-state index contributed by atoms with van der Waals surface area (Å²) in [6, 6.07) is 6.17. The highest BCUT2D eigenvalue weighted by Crippen LogP contribution is 2.38. The van der Waals surface area contributed by atoms with Crippen LogP contribution in [0.15, 0.2) is 40.7 Å². The van der Waals surface area contributed by atoms with Gasteiger partial charge < -0.3 is 10.8 Å². The first-order valence-corrected chi connectivity index (χ1v) is 11.7. The summed E-state index contributed by atoms with van der Waals surface area (Å²) in [4.78, 5) is 13.4. The number of halogens is 3. The maximum absolute atomic E-state index is 13.3. The van der Waals surface area contributed by atoms with Crippen molar-refractivity contribution in [2.75, 3.05) is 0 Å². The zero-order chi connectivity index (χ0) is 24.9. The molecule has 0 radical (unpaired) electrons. The lowest BCUT2D eigenvalue weighted by Gasteiger charge is -2.12. The molecule has 0 atom stereocenters. The van der Waals surface area contributed by atoms with E-state index in [0.717, 1.165) is 60.7 Å². The molecule has 10 heteroatoms. The summed E-state index contributed by atoms with van der Waals surface area (Å²) in [5.74, 6) is -0.662. The predicted molar refractivity (Wildman–Crippen MR) is 129 cm³/mol. The third kappa shape index (κ3) is 6.19. The van der Waals surface area contributed by atoms with Gasteiger partial charge in [-0.3, -0.25) is 5.41 Å². The van der Waals surface area contributed by atoms with Crippen LogP contribution in [0, 0.1) is 5.41 Å². The normalized spacial score (nSPS) is 12.2. The number of aryl methyl sites for hydroxylation is 1. The van der Waals surface area contributed by atoms with Crippen LogP contribution in [0.1, 0.15) is 56.5 Å². The summed E-state index contributed by atoms with van der Waals surface area (Å²) >= 11 is 1.45. The Balaban J connectivity index is 2.13. The molecule has 0 amide bonds. The number of aromatic hydroxyl groups is 1. The van der Waals surface area contributed by atoms with Gasteiger partial charge in [-0.15, -0.1) is 11.3 Å². The van der Waals surface area contributed by atoms with E-state index in [-0.39, 0.29) is 34.5 Å². The summed E-state index contributed by atoms with van der Waals surface area (Å²) < 4.78 is 39.9. The molecule has 180 valence electrons. The van der Waals surface area contributed by atoms with Crippen LogP contribution in [0.5, 0.6) is 5.75 Å². The SMILES string of the molecule is CCCCCCc1ccsc1-c1cc(-c2cc(C(F)(F)F)ccc2O)nc(C(=N)N=C(C)N)n1. The van der Waals surface area contributed by atoms with E-state index in [9.17, 15) is 18.3 Å². The number of benzene rings is 1. The number of amidine groups is 2. The molecule has 0 fully saturated rings. The lowest BCUT2D eigenvalue weighted by Crippen LogP contribution is -2.12. The smallest absolute Gasteiger partial charge is 0.416 e. The molecule has 6 nitrogen and oxygen atoms in total. The number of rotatable bonds is 8. The van der Waals surface area contributed by atoms with Crippen LogP contribution >= 0.6 is 11.3 Å². The summed E-state index contributed by atoms with van der Waals surface area (Å²) in [7, 11) is 0. The number of hydrogen-bond donors (Lipinski definition) is 3. The first kappa shape index (κ1) is 25.4. The molecule has 0 unspecified atom stereocenters. The van der Waals surface area contributed by atoms with E-state index in [0.29, 0.717) is 5.69 Å². The van der Waals surface area contributed by atoms with Crippen LogP contribution in [-0.2, 0) is 12.6 Å². The number of nitrogens with zero attached hydrogens (tertiary/aromatic N) is 3. The van der Waals surface area contributed by atoms with Crippen molar-refractivity contribution >= 4 is 23.0 Å². The summed E-state index contributed by atoms with van der Waals surface area (Å²) in [5.41, 5.74) is 6.15. The van der Waals surface area contributed by atoms with Crippen LogP contribution in [-0.4, -0.2) is 26.7 Å². The Morgan fingerprint density at radius 1 is 1.12 bits per heavy atom. The molecule has 0 aliphatic carbocycles. The number of hydrogen-bond acceptors (Lipinski definition) is 5. The molecule has 2 aromatic heterocycles. The molecular weight excluding hydrogens is 463 g/mol. The van der Waals surface area contributed by atoms with Crippen molar-refractivity contribution in [1.82, 2.24) is 9.97 Å². The van der Waals surface area contributed by atoms with Crippen molar-refractivity contribution < 1.29 is 18.3 Å². The van der Waals surface area contributed by atoms with Gasteiger partial charge in [-0.25, -0.2) is 15.0 Å². The van der Waals surface area contributed by atoms with Crippen molar-refractivity contribution in [3.05, 3.63) is 52.7 Å². The van der Waals surface area contributed by atoms with E-state index < -0.39 is 11.7 Å². The molecule has 0 saturated heterocycles. The van der Waals surface area contributed by atoms with Crippen LogP contribution in [0.25, 0.3) is 21.8 Å². The van der Waals surface area contributed by atoms with Crippen LogP contribution < -0.4 is 5.73 Å². The molecule has 0 saturated carbocycles. The average molecular weight is 490 g/mol. The van der Waals surface area contributed by atoms with E-state index in [1.165, 1.54) is 24.3 Å².